The molecule has 2 saturated carbocycles. The Balaban J connectivity index is 1.56. The molecule has 3 rings (SSSR count). The van der Waals surface area contributed by atoms with E-state index in [4.69, 9.17) is 0 Å². The molecule has 0 aliphatic heterocycles. The average Bonchev–Trinajstić information content (AvgIpc) is 2.77. The molecule has 3 aliphatic rings. The maximum atomic E-state index is 3.82. The predicted octanol–water partition coefficient (Wildman–Crippen LogP) is 2.48. The number of rotatable bonds is 2. The molecule has 72 valence electrons. The van der Waals surface area contributed by atoms with Crippen molar-refractivity contribution in [1.29, 1.82) is 0 Å². The largest absolute Gasteiger partial charge is 0.307 e. The van der Waals surface area contributed by atoms with Crippen LogP contribution in [0.1, 0.15) is 38.5 Å². The highest BCUT2D eigenvalue weighted by molar-refractivity contribution is 5.05. The molecule has 13 heavy (non-hydrogen) atoms. The van der Waals surface area contributed by atoms with Crippen LogP contribution in [0.5, 0.6) is 0 Å². The van der Waals surface area contributed by atoms with Crippen LogP contribution in [0.25, 0.3) is 0 Å². The van der Waals surface area contributed by atoms with Crippen LogP contribution in [0.2, 0.25) is 0 Å². The molecule has 2 fully saturated rings. The van der Waals surface area contributed by atoms with Crippen LogP contribution < -0.4 is 5.32 Å². The van der Waals surface area contributed by atoms with Gasteiger partial charge in [-0.05, 0) is 37.5 Å². The van der Waals surface area contributed by atoms with Gasteiger partial charge >= 0.3 is 0 Å². The van der Waals surface area contributed by atoms with Crippen LogP contribution in [-0.4, -0.2) is 12.1 Å². The Labute approximate surface area is 80.6 Å². The van der Waals surface area contributed by atoms with Crippen LogP contribution in [-0.2, 0) is 0 Å². The van der Waals surface area contributed by atoms with Crippen molar-refractivity contribution in [3.63, 3.8) is 0 Å². The lowest BCUT2D eigenvalue weighted by Gasteiger charge is -2.25. The van der Waals surface area contributed by atoms with Gasteiger partial charge in [0.1, 0.15) is 0 Å². The number of allylic oxidation sites excluding steroid dienone is 1. The van der Waals surface area contributed by atoms with Gasteiger partial charge in [0.2, 0.25) is 0 Å². The molecule has 1 nitrogen and oxygen atoms in total. The zero-order valence-corrected chi connectivity index (χ0v) is 8.21. The van der Waals surface area contributed by atoms with Crippen molar-refractivity contribution in [1.82, 2.24) is 5.32 Å². The van der Waals surface area contributed by atoms with E-state index in [-0.39, 0.29) is 0 Å². The van der Waals surface area contributed by atoms with Crippen LogP contribution in [0.4, 0.5) is 0 Å². The van der Waals surface area contributed by atoms with Crippen molar-refractivity contribution < 1.29 is 0 Å². The second kappa shape index (κ2) is 3.13. The number of hydrogen-bond donors (Lipinski definition) is 1. The van der Waals surface area contributed by atoms with Crippen LogP contribution in [0, 0.1) is 11.8 Å². The predicted molar refractivity (Wildman–Crippen MR) is 54.5 cm³/mol. The zero-order chi connectivity index (χ0) is 8.67. The molecule has 0 radical (unpaired) electrons. The van der Waals surface area contributed by atoms with Gasteiger partial charge < -0.3 is 5.32 Å². The zero-order valence-electron chi connectivity index (χ0n) is 8.21. The van der Waals surface area contributed by atoms with E-state index in [1.54, 1.807) is 0 Å². The topological polar surface area (TPSA) is 12.0 Å². The van der Waals surface area contributed by atoms with Gasteiger partial charge in [0.15, 0.2) is 0 Å². The lowest BCUT2D eigenvalue weighted by Crippen LogP contribution is -2.39. The summed E-state index contributed by atoms with van der Waals surface area (Å²) in [7, 11) is 0. The summed E-state index contributed by atoms with van der Waals surface area (Å²) in [4.78, 5) is 0. The van der Waals surface area contributed by atoms with E-state index in [1.165, 1.54) is 38.5 Å². The fourth-order valence-corrected chi connectivity index (χ4v) is 3.16. The van der Waals surface area contributed by atoms with E-state index < -0.39 is 0 Å². The monoisotopic (exact) mass is 177 g/mol. The minimum Gasteiger partial charge on any atom is -0.307 e. The molecule has 0 aromatic carbocycles. The standard InChI is InChI=1S/C12H19N/c1-2-6-10(5-1)13-12-7-3-4-9-8-11(9)12/h1,5,9-13H,2-4,6-8H2/t9-,10?,11+,12?/m0/s1. The van der Waals surface area contributed by atoms with Gasteiger partial charge in [-0.15, -0.1) is 0 Å². The van der Waals surface area contributed by atoms with E-state index in [2.05, 4.69) is 17.5 Å². The summed E-state index contributed by atoms with van der Waals surface area (Å²) >= 11 is 0. The maximum absolute atomic E-state index is 3.82. The summed E-state index contributed by atoms with van der Waals surface area (Å²) < 4.78 is 0. The third-order valence-electron chi connectivity index (χ3n) is 4.03. The minimum absolute atomic E-state index is 0.712. The second-order valence-electron chi connectivity index (χ2n) is 4.98. The number of hydrogen-bond acceptors (Lipinski definition) is 1. The summed E-state index contributed by atoms with van der Waals surface area (Å²) in [6.07, 6.45) is 13.3. The van der Waals surface area contributed by atoms with Crippen molar-refractivity contribution in [3.8, 4) is 0 Å². The highest BCUT2D eigenvalue weighted by Crippen LogP contribution is 2.49. The number of fused-ring (bicyclic) bond motifs is 1. The molecule has 2 unspecified atom stereocenters. The molecule has 0 amide bonds. The smallest absolute Gasteiger partial charge is 0.0255 e. The molecule has 1 N–H and O–H groups in total. The fraction of sp³-hybridized carbons (Fsp3) is 0.833. The Morgan fingerprint density at radius 1 is 1.15 bits per heavy atom. The Hall–Kier alpha value is -0.300. The maximum Gasteiger partial charge on any atom is 0.0255 e. The molecule has 0 aromatic heterocycles. The number of nitrogens with one attached hydrogen (secondary N) is 1. The molecular weight excluding hydrogens is 158 g/mol. The lowest BCUT2D eigenvalue weighted by atomic mass is 9.95. The molecule has 4 atom stereocenters. The van der Waals surface area contributed by atoms with Crippen LogP contribution in [0.15, 0.2) is 12.2 Å². The van der Waals surface area contributed by atoms with Crippen molar-refractivity contribution in [2.75, 3.05) is 0 Å². The van der Waals surface area contributed by atoms with Crippen molar-refractivity contribution >= 4 is 0 Å². The van der Waals surface area contributed by atoms with E-state index in [1.807, 2.05) is 0 Å². The summed E-state index contributed by atoms with van der Waals surface area (Å²) in [6, 6.07) is 1.58. The Morgan fingerprint density at radius 3 is 3.00 bits per heavy atom. The van der Waals surface area contributed by atoms with E-state index >= 15 is 0 Å². The van der Waals surface area contributed by atoms with Gasteiger partial charge in [-0.1, -0.05) is 25.0 Å². The first-order valence-electron chi connectivity index (χ1n) is 5.86. The highest BCUT2D eigenvalue weighted by atomic mass is 15.0. The molecule has 0 aromatic rings. The molecule has 0 saturated heterocycles. The Kier molecular flexibility index (Phi) is 1.93. The van der Waals surface area contributed by atoms with E-state index in [0.29, 0.717) is 6.04 Å². The summed E-state index contributed by atoms with van der Waals surface area (Å²) in [5, 5.41) is 3.82. The van der Waals surface area contributed by atoms with Crippen molar-refractivity contribution in [2.24, 2.45) is 11.8 Å². The average molecular weight is 177 g/mol. The first-order chi connectivity index (χ1) is 6.43. The van der Waals surface area contributed by atoms with E-state index in [9.17, 15) is 0 Å². The van der Waals surface area contributed by atoms with Crippen molar-refractivity contribution in [2.45, 2.75) is 50.6 Å². The third kappa shape index (κ3) is 1.54. The molecule has 0 bridgehead atoms. The molecule has 0 heterocycles. The third-order valence-corrected chi connectivity index (χ3v) is 4.03. The van der Waals surface area contributed by atoms with E-state index in [0.717, 1.165) is 17.9 Å². The van der Waals surface area contributed by atoms with Gasteiger partial charge in [-0.3, -0.25) is 0 Å². The summed E-state index contributed by atoms with van der Waals surface area (Å²) in [6.45, 7) is 0. The molecule has 0 spiro atoms. The van der Waals surface area contributed by atoms with Gasteiger partial charge in [0.25, 0.3) is 0 Å². The lowest BCUT2D eigenvalue weighted by molar-refractivity contribution is 0.335. The van der Waals surface area contributed by atoms with Crippen molar-refractivity contribution in [3.05, 3.63) is 12.2 Å². The van der Waals surface area contributed by atoms with Gasteiger partial charge in [0, 0.05) is 12.1 Å². The Bertz CT molecular complexity index is 221. The normalized spacial score (nSPS) is 47.7. The van der Waals surface area contributed by atoms with Gasteiger partial charge in [0.05, 0.1) is 0 Å². The SMILES string of the molecule is C1=CC(NC2CCC[C@H]3C[C@@H]23)CC1. The van der Waals surface area contributed by atoms with Gasteiger partial charge in [-0.25, -0.2) is 0 Å². The minimum atomic E-state index is 0.712. The summed E-state index contributed by atoms with van der Waals surface area (Å²) in [5.41, 5.74) is 0. The van der Waals surface area contributed by atoms with Crippen LogP contribution >= 0.6 is 0 Å². The second-order valence-corrected chi connectivity index (χ2v) is 4.98. The van der Waals surface area contributed by atoms with Gasteiger partial charge in [-0.2, -0.15) is 0 Å². The summed E-state index contributed by atoms with van der Waals surface area (Å²) in [5.74, 6) is 2.17. The molecule has 3 aliphatic carbocycles. The first kappa shape index (κ1) is 8.05. The Morgan fingerprint density at radius 2 is 2.15 bits per heavy atom. The fourth-order valence-electron chi connectivity index (χ4n) is 3.16. The molecule has 1 heteroatoms. The molecular formula is C12H19N. The van der Waals surface area contributed by atoms with Crippen LogP contribution in [0.3, 0.4) is 0 Å². The highest BCUT2D eigenvalue weighted by Gasteiger charge is 2.45. The first-order valence-corrected chi connectivity index (χ1v) is 5.86. The quantitative estimate of drug-likeness (QED) is 0.639.